The molecule has 1 saturated heterocycles. The Morgan fingerprint density at radius 2 is 1.83 bits per heavy atom. The van der Waals surface area contributed by atoms with Crippen LogP contribution >= 0.6 is 27.5 Å². The first-order valence-corrected chi connectivity index (χ1v) is 9.05. The Morgan fingerprint density at radius 3 is 2.54 bits per heavy atom. The van der Waals surface area contributed by atoms with Gasteiger partial charge in [0, 0.05) is 47.0 Å². The summed E-state index contributed by atoms with van der Waals surface area (Å²) in [5, 5.41) is 3.69. The summed E-state index contributed by atoms with van der Waals surface area (Å²) in [5.74, 6) is 0.0179. The highest BCUT2D eigenvalue weighted by Gasteiger charge is 2.19. The number of anilines is 2. The zero-order valence-corrected chi connectivity index (χ0v) is 15.6. The van der Waals surface area contributed by atoms with Crippen LogP contribution in [0, 0.1) is 0 Å². The van der Waals surface area contributed by atoms with Gasteiger partial charge < -0.3 is 10.2 Å². The van der Waals surface area contributed by atoms with Gasteiger partial charge in [0.05, 0.1) is 6.54 Å². The molecule has 1 heterocycles. The fraction of sp³-hybridized carbons (Fsp3) is 0.278. The second kappa shape index (κ2) is 8.01. The number of hydrogen-bond donors (Lipinski definition) is 1. The Balaban J connectivity index is 1.49. The third-order valence-corrected chi connectivity index (χ3v) is 4.75. The molecule has 0 aliphatic carbocycles. The lowest BCUT2D eigenvalue weighted by atomic mass is 10.2. The zero-order chi connectivity index (χ0) is 16.9. The fourth-order valence-electron chi connectivity index (χ4n) is 2.81. The van der Waals surface area contributed by atoms with E-state index >= 15 is 0 Å². The molecule has 4 nitrogen and oxygen atoms in total. The topological polar surface area (TPSA) is 35.6 Å². The van der Waals surface area contributed by atoms with E-state index in [0.717, 1.165) is 47.0 Å². The summed E-state index contributed by atoms with van der Waals surface area (Å²) in [6.45, 7) is 3.92. The molecule has 2 aromatic rings. The van der Waals surface area contributed by atoms with E-state index in [1.807, 2.05) is 42.5 Å². The molecule has 1 aliphatic heterocycles. The lowest BCUT2D eigenvalue weighted by Crippen LogP contribution is -2.48. The third kappa shape index (κ3) is 4.72. The van der Waals surface area contributed by atoms with Crippen LogP contribution in [0.5, 0.6) is 0 Å². The molecule has 1 fully saturated rings. The average molecular weight is 409 g/mol. The molecular formula is C18H19BrClN3O. The van der Waals surface area contributed by atoms with Crippen LogP contribution < -0.4 is 10.2 Å². The molecule has 0 radical (unpaired) electrons. The van der Waals surface area contributed by atoms with Crippen molar-refractivity contribution in [3.05, 3.63) is 58.0 Å². The van der Waals surface area contributed by atoms with E-state index in [1.165, 1.54) is 0 Å². The Bertz CT molecular complexity index is 717. The number of nitrogens with one attached hydrogen (secondary N) is 1. The van der Waals surface area contributed by atoms with E-state index in [4.69, 9.17) is 11.6 Å². The van der Waals surface area contributed by atoms with Crippen LogP contribution in [0.2, 0.25) is 5.02 Å². The number of benzene rings is 2. The highest BCUT2D eigenvalue weighted by molar-refractivity contribution is 9.10. The van der Waals surface area contributed by atoms with E-state index in [2.05, 4.69) is 37.1 Å². The van der Waals surface area contributed by atoms with Crippen LogP contribution in [0.3, 0.4) is 0 Å². The van der Waals surface area contributed by atoms with Crippen LogP contribution in [-0.4, -0.2) is 43.5 Å². The first-order chi connectivity index (χ1) is 11.6. The largest absolute Gasteiger partial charge is 0.369 e. The maximum absolute atomic E-state index is 12.2. The van der Waals surface area contributed by atoms with Gasteiger partial charge in [-0.15, -0.1) is 0 Å². The molecule has 24 heavy (non-hydrogen) atoms. The lowest BCUT2D eigenvalue weighted by Gasteiger charge is -2.35. The Hall–Kier alpha value is -1.56. The fourth-order valence-corrected chi connectivity index (χ4v) is 3.39. The average Bonchev–Trinajstić information content (AvgIpc) is 2.55. The molecule has 126 valence electrons. The maximum atomic E-state index is 12.2. The molecule has 6 heteroatoms. The highest BCUT2D eigenvalue weighted by Crippen LogP contribution is 2.21. The van der Waals surface area contributed by atoms with Crippen LogP contribution in [0.15, 0.2) is 53.0 Å². The summed E-state index contributed by atoms with van der Waals surface area (Å²) in [5.41, 5.74) is 1.95. The summed E-state index contributed by atoms with van der Waals surface area (Å²) >= 11 is 9.46. The van der Waals surface area contributed by atoms with Crippen LogP contribution in [0.4, 0.5) is 11.4 Å². The second-order valence-electron chi connectivity index (χ2n) is 5.80. The number of carbonyl (C=O) groups is 1. The van der Waals surface area contributed by atoms with Gasteiger partial charge in [-0.1, -0.05) is 39.7 Å². The molecular weight excluding hydrogens is 390 g/mol. The van der Waals surface area contributed by atoms with Gasteiger partial charge in [0.2, 0.25) is 5.91 Å². The summed E-state index contributed by atoms with van der Waals surface area (Å²) in [6.07, 6.45) is 0. The summed E-state index contributed by atoms with van der Waals surface area (Å²) in [7, 11) is 0. The van der Waals surface area contributed by atoms with Gasteiger partial charge in [0.25, 0.3) is 0 Å². The second-order valence-corrected chi connectivity index (χ2v) is 7.15. The monoisotopic (exact) mass is 407 g/mol. The number of amides is 1. The number of piperazine rings is 1. The molecule has 1 aliphatic rings. The SMILES string of the molecule is O=C(CN1CCN(c2cccc(Cl)c2)CC1)Nc1cccc(Br)c1. The minimum Gasteiger partial charge on any atom is -0.369 e. The van der Waals surface area contributed by atoms with Crippen LogP contribution in [0.25, 0.3) is 0 Å². The van der Waals surface area contributed by atoms with Gasteiger partial charge in [-0.05, 0) is 36.4 Å². The van der Waals surface area contributed by atoms with Crippen molar-refractivity contribution in [3.63, 3.8) is 0 Å². The first-order valence-electron chi connectivity index (χ1n) is 7.88. The molecule has 1 amide bonds. The Morgan fingerprint density at radius 1 is 1.08 bits per heavy atom. The zero-order valence-electron chi connectivity index (χ0n) is 13.2. The van der Waals surface area contributed by atoms with Crippen molar-refractivity contribution in [1.29, 1.82) is 0 Å². The smallest absolute Gasteiger partial charge is 0.238 e. The minimum absolute atomic E-state index is 0.0179. The van der Waals surface area contributed by atoms with E-state index < -0.39 is 0 Å². The molecule has 0 unspecified atom stereocenters. The summed E-state index contributed by atoms with van der Waals surface area (Å²) in [4.78, 5) is 16.7. The molecule has 0 saturated carbocycles. The van der Waals surface area contributed by atoms with Crippen molar-refractivity contribution in [2.24, 2.45) is 0 Å². The van der Waals surface area contributed by atoms with Crippen molar-refractivity contribution < 1.29 is 4.79 Å². The summed E-state index contributed by atoms with van der Waals surface area (Å²) in [6, 6.07) is 15.5. The molecule has 1 N–H and O–H groups in total. The first kappa shape index (κ1) is 17.3. The van der Waals surface area contributed by atoms with Gasteiger partial charge in [-0.3, -0.25) is 9.69 Å². The summed E-state index contributed by atoms with van der Waals surface area (Å²) < 4.78 is 0.954. The maximum Gasteiger partial charge on any atom is 0.238 e. The Kier molecular flexibility index (Phi) is 5.76. The lowest BCUT2D eigenvalue weighted by molar-refractivity contribution is -0.117. The van der Waals surface area contributed by atoms with Crippen molar-refractivity contribution in [2.45, 2.75) is 0 Å². The van der Waals surface area contributed by atoms with Gasteiger partial charge in [0.15, 0.2) is 0 Å². The van der Waals surface area contributed by atoms with Crippen molar-refractivity contribution in [3.8, 4) is 0 Å². The molecule has 0 bridgehead atoms. The predicted octanol–water partition coefficient (Wildman–Crippen LogP) is 3.86. The standard InChI is InChI=1S/C18H19BrClN3O/c19-14-3-1-5-16(11-14)21-18(24)13-22-7-9-23(10-8-22)17-6-2-4-15(20)12-17/h1-6,11-12H,7-10,13H2,(H,21,24). The van der Waals surface area contributed by atoms with Crippen molar-refractivity contribution >= 4 is 44.8 Å². The normalized spacial score (nSPS) is 15.3. The number of nitrogens with zero attached hydrogens (tertiary/aromatic N) is 2. The molecule has 3 rings (SSSR count). The quantitative estimate of drug-likeness (QED) is 0.834. The third-order valence-electron chi connectivity index (χ3n) is 4.02. The van der Waals surface area contributed by atoms with E-state index in [9.17, 15) is 4.79 Å². The van der Waals surface area contributed by atoms with Gasteiger partial charge in [-0.2, -0.15) is 0 Å². The predicted molar refractivity (Wildman–Crippen MR) is 103 cm³/mol. The highest BCUT2D eigenvalue weighted by atomic mass is 79.9. The van der Waals surface area contributed by atoms with E-state index in [-0.39, 0.29) is 5.91 Å². The van der Waals surface area contributed by atoms with Crippen molar-refractivity contribution in [1.82, 2.24) is 4.90 Å². The van der Waals surface area contributed by atoms with Gasteiger partial charge in [-0.25, -0.2) is 0 Å². The molecule has 0 spiro atoms. The van der Waals surface area contributed by atoms with Crippen LogP contribution in [-0.2, 0) is 4.79 Å². The number of hydrogen-bond acceptors (Lipinski definition) is 3. The number of carbonyl (C=O) groups excluding carboxylic acids is 1. The Labute approximate surface area is 155 Å². The minimum atomic E-state index is 0.0179. The number of halogens is 2. The molecule has 0 atom stereocenters. The van der Waals surface area contributed by atoms with Gasteiger partial charge in [0.1, 0.15) is 0 Å². The molecule has 0 aromatic heterocycles. The van der Waals surface area contributed by atoms with E-state index in [0.29, 0.717) is 6.54 Å². The van der Waals surface area contributed by atoms with Crippen LogP contribution in [0.1, 0.15) is 0 Å². The van der Waals surface area contributed by atoms with Crippen molar-refractivity contribution in [2.75, 3.05) is 42.9 Å². The number of rotatable bonds is 4. The molecule has 2 aromatic carbocycles. The van der Waals surface area contributed by atoms with Gasteiger partial charge >= 0.3 is 0 Å². The van der Waals surface area contributed by atoms with E-state index in [1.54, 1.807) is 0 Å².